The third-order valence-corrected chi connectivity index (χ3v) is 4.11. The van der Waals surface area contributed by atoms with Gasteiger partial charge in [0.1, 0.15) is 5.82 Å². The molecule has 29 heavy (non-hydrogen) atoms. The maximum Gasteiger partial charge on any atom is 0.161 e. The summed E-state index contributed by atoms with van der Waals surface area (Å²) in [6, 6.07) is 8.04. The van der Waals surface area contributed by atoms with Gasteiger partial charge in [-0.25, -0.2) is 9.97 Å². The molecule has 1 aromatic carbocycles. The Bertz CT molecular complexity index is 929. The zero-order valence-electron chi connectivity index (χ0n) is 17.6. The van der Waals surface area contributed by atoms with Crippen molar-refractivity contribution >= 4 is 17.1 Å². The summed E-state index contributed by atoms with van der Waals surface area (Å²) in [5.41, 5.74) is 4.51. The van der Waals surface area contributed by atoms with Gasteiger partial charge in [0.05, 0.1) is 17.9 Å². The standard InChI is InChI=1S/C23H29N5O/c1-6-9-21(24-3)20-15-26-22(27-23(20)25-12-13-29)19-11-8-10-18(14-19)17(7-2)16-28(4)5/h6-11,14-16,29H,2,12-13H2,1,3-5H3,(H,25,26,27)/b9-6-,17-16+,24-21+. The molecule has 0 saturated heterocycles. The lowest BCUT2D eigenvalue weighted by molar-refractivity contribution is 0.311. The second kappa shape index (κ2) is 10.9. The van der Waals surface area contributed by atoms with E-state index in [4.69, 9.17) is 4.98 Å². The summed E-state index contributed by atoms with van der Waals surface area (Å²) in [6.45, 7) is 6.25. The molecule has 0 aliphatic carbocycles. The minimum Gasteiger partial charge on any atom is -0.395 e. The lowest BCUT2D eigenvalue weighted by Gasteiger charge is -2.13. The minimum absolute atomic E-state index is 0.00844. The molecule has 0 amide bonds. The molecule has 152 valence electrons. The van der Waals surface area contributed by atoms with E-state index in [-0.39, 0.29) is 6.61 Å². The van der Waals surface area contributed by atoms with Crippen LogP contribution in [0.2, 0.25) is 0 Å². The summed E-state index contributed by atoms with van der Waals surface area (Å²) < 4.78 is 0. The lowest BCUT2D eigenvalue weighted by Crippen LogP contribution is -2.13. The molecular weight excluding hydrogens is 362 g/mol. The highest BCUT2D eigenvalue weighted by molar-refractivity contribution is 6.11. The first-order chi connectivity index (χ1) is 14.0. The Morgan fingerprint density at radius 1 is 1.34 bits per heavy atom. The molecule has 6 nitrogen and oxygen atoms in total. The Morgan fingerprint density at radius 3 is 2.76 bits per heavy atom. The topological polar surface area (TPSA) is 73.6 Å². The van der Waals surface area contributed by atoms with Gasteiger partial charge in [0.25, 0.3) is 0 Å². The van der Waals surface area contributed by atoms with Crippen molar-refractivity contribution in [2.45, 2.75) is 6.92 Å². The van der Waals surface area contributed by atoms with Gasteiger partial charge in [-0.2, -0.15) is 0 Å². The molecule has 0 atom stereocenters. The van der Waals surface area contributed by atoms with Crippen LogP contribution < -0.4 is 5.32 Å². The molecular formula is C23H29N5O. The number of anilines is 1. The summed E-state index contributed by atoms with van der Waals surface area (Å²) in [5, 5.41) is 12.4. The number of hydrogen-bond acceptors (Lipinski definition) is 6. The van der Waals surface area contributed by atoms with E-state index in [1.54, 1.807) is 13.2 Å². The summed E-state index contributed by atoms with van der Waals surface area (Å²) in [7, 11) is 5.69. The fraction of sp³-hybridized carbons (Fsp3) is 0.261. The van der Waals surface area contributed by atoms with Crippen molar-refractivity contribution in [3.63, 3.8) is 0 Å². The number of aliphatic hydroxyl groups excluding tert-OH is 1. The van der Waals surface area contributed by atoms with E-state index in [2.05, 4.69) is 21.9 Å². The summed E-state index contributed by atoms with van der Waals surface area (Å²) in [5.74, 6) is 1.24. The highest BCUT2D eigenvalue weighted by atomic mass is 16.3. The van der Waals surface area contributed by atoms with E-state index in [9.17, 15) is 5.11 Å². The van der Waals surface area contributed by atoms with E-state index in [0.717, 1.165) is 28.0 Å². The van der Waals surface area contributed by atoms with E-state index in [1.165, 1.54) is 0 Å². The Kier molecular flexibility index (Phi) is 8.30. The lowest BCUT2D eigenvalue weighted by atomic mass is 10.0. The van der Waals surface area contributed by atoms with Gasteiger partial charge in [0, 0.05) is 45.6 Å². The second-order valence-corrected chi connectivity index (χ2v) is 6.55. The number of aliphatic imine (C=N–C) groups is 1. The van der Waals surface area contributed by atoms with E-state index < -0.39 is 0 Å². The molecule has 1 heterocycles. The van der Waals surface area contributed by atoms with Crippen molar-refractivity contribution in [2.75, 3.05) is 39.6 Å². The van der Waals surface area contributed by atoms with Gasteiger partial charge in [0.2, 0.25) is 0 Å². The van der Waals surface area contributed by atoms with Crippen LogP contribution in [-0.4, -0.2) is 60.0 Å². The van der Waals surface area contributed by atoms with Crippen LogP contribution in [0, 0.1) is 0 Å². The van der Waals surface area contributed by atoms with Crippen molar-refractivity contribution in [1.29, 1.82) is 0 Å². The SMILES string of the molecule is C=C/C(=C\N(C)C)c1cccc(-c2ncc(C(/C=C\C)=N/C)c(NCCO)n2)c1. The van der Waals surface area contributed by atoms with E-state index in [0.29, 0.717) is 18.2 Å². The number of hydrogen-bond donors (Lipinski definition) is 2. The molecule has 2 aromatic rings. The van der Waals surface area contributed by atoms with Crippen LogP contribution in [0.5, 0.6) is 0 Å². The van der Waals surface area contributed by atoms with Gasteiger partial charge in [-0.1, -0.05) is 36.9 Å². The van der Waals surface area contributed by atoms with Gasteiger partial charge < -0.3 is 15.3 Å². The van der Waals surface area contributed by atoms with Crippen molar-refractivity contribution in [3.05, 3.63) is 72.6 Å². The number of rotatable bonds is 9. The first-order valence-corrected chi connectivity index (χ1v) is 9.47. The summed E-state index contributed by atoms with van der Waals surface area (Å²) >= 11 is 0. The third kappa shape index (κ3) is 5.86. The molecule has 2 N–H and O–H groups in total. The molecule has 0 saturated carbocycles. The smallest absolute Gasteiger partial charge is 0.161 e. The number of nitrogens with one attached hydrogen (secondary N) is 1. The summed E-state index contributed by atoms with van der Waals surface area (Å²) in [6.07, 6.45) is 9.44. The van der Waals surface area contributed by atoms with Crippen LogP contribution in [0.3, 0.4) is 0 Å². The van der Waals surface area contributed by atoms with Crippen LogP contribution in [0.25, 0.3) is 17.0 Å². The fourth-order valence-corrected chi connectivity index (χ4v) is 2.82. The molecule has 1 aromatic heterocycles. The van der Waals surface area contributed by atoms with E-state index in [1.807, 2.05) is 74.6 Å². The Morgan fingerprint density at radius 2 is 2.14 bits per heavy atom. The Hall–Kier alpha value is -3.25. The Balaban J connectivity index is 2.52. The van der Waals surface area contributed by atoms with Crippen molar-refractivity contribution in [3.8, 4) is 11.4 Å². The highest BCUT2D eigenvalue weighted by Gasteiger charge is 2.12. The first kappa shape index (κ1) is 22.0. The van der Waals surface area contributed by atoms with Crippen LogP contribution in [0.15, 0.2) is 66.5 Å². The monoisotopic (exact) mass is 391 g/mol. The van der Waals surface area contributed by atoms with Gasteiger partial charge in [0.15, 0.2) is 5.82 Å². The maximum absolute atomic E-state index is 9.23. The van der Waals surface area contributed by atoms with Gasteiger partial charge in [-0.3, -0.25) is 4.99 Å². The molecule has 0 fully saturated rings. The molecule has 0 spiro atoms. The highest BCUT2D eigenvalue weighted by Crippen LogP contribution is 2.24. The molecule has 6 heteroatoms. The van der Waals surface area contributed by atoms with Gasteiger partial charge in [-0.15, -0.1) is 0 Å². The van der Waals surface area contributed by atoms with Crippen LogP contribution in [0.1, 0.15) is 18.1 Å². The zero-order chi connectivity index (χ0) is 21.2. The van der Waals surface area contributed by atoms with Crippen LogP contribution >= 0.6 is 0 Å². The number of nitrogens with zero attached hydrogens (tertiary/aromatic N) is 4. The quantitative estimate of drug-likeness (QED) is 0.504. The number of allylic oxidation sites excluding steroid dienone is 4. The first-order valence-electron chi connectivity index (χ1n) is 9.47. The molecule has 2 rings (SSSR count). The predicted molar refractivity (Wildman–Crippen MR) is 122 cm³/mol. The second-order valence-electron chi connectivity index (χ2n) is 6.55. The molecule has 0 unspecified atom stereocenters. The van der Waals surface area contributed by atoms with Crippen molar-refractivity contribution in [1.82, 2.24) is 14.9 Å². The Labute approximate surface area is 173 Å². The molecule has 0 bridgehead atoms. The predicted octanol–water partition coefficient (Wildman–Crippen LogP) is 3.63. The summed E-state index contributed by atoms with van der Waals surface area (Å²) in [4.78, 5) is 15.6. The van der Waals surface area contributed by atoms with Crippen LogP contribution in [0.4, 0.5) is 5.82 Å². The number of aromatic nitrogens is 2. The van der Waals surface area contributed by atoms with Crippen molar-refractivity contribution < 1.29 is 5.11 Å². The zero-order valence-corrected chi connectivity index (χ0v) is 17.6. The average molecular weight is 392 g/mol. The molecule has 0 aliphatic rings. The van der Waals surface area contributed by atoms with Crippen molar-refractivity contribution in [2.24, 2.45) is 4.99 Å². The average Bonchev–Trinajstić information content (AvgIpc) is 2.74. The fourth-order valence-electron chi connectivity index (χ4n) is 2.82. The van der Waals surface area contributed by atoms with E-state index >= 15 is 0 Å². The molecule has 0 aliphatic heterocycles. The normalized spacial score (nSPS) is 12.3. The molecule has 0 radical (unpaired) electrons. The number of aliphatic hydroxyl groups is 1. The van der Waals surface area contributed by atoms with Gasteiger partial charge in [-0.05, 0) is 30.2 Å². The largest absolute Gasteiger partial charge is 0.395 e. The van der Waals surface area contributed by atoms with Gasteiger partial charge >= 0.3 is 0 Å². The minimum atomic E-state index is 0.00844. The van der Waals surface area contributed by atoms with Crippen LogP contribution in [-0.2, 0) is 0 Å². The number of benzene rings is 1. The maximum atomic E-state index is 9.23. The third-order valence-electron chi connectivity index (χ3n) is 4.11.